The van der Waals surface area contributed by atoms with Gasteiger partial charge in [-0.2, -0.15) is 0 Å². The fourth-order valence-electron chi connectivity index (χ4n) is 3.00. The Bertz CT molecular complexity index is 292. The summed E-state index contributed by atoms with van der Waals surface area (Å²) < 4.78 is 0. The third-order valence-corrected chi connectivity index (χ3v) is 3.87. The van der Waals surface area contributed by atoms with Gasteiger partial charge in [0.05, 0.1) is 0 Å². The summed E-state index contributed by atoms with van der Waals surface area (Å²) in [6, 6.07) is 11.0. The molecule has 1 nitrogen and oxygen atoms in total. The summed E-state index contributed by atoms with van der Waals surface area (Å²) in [5.74, 6) is 1.78. The maximum absolute atomic E-state index is 3.35. The average molecular weight is 217 g/mol. The molecule has 0 bridgehead atoms. The van der Waals surface area contributed by atoms with Crippen LogP contribution in [0.25, 0.3) is 0 Å². The molecule has 0 saturated heterocycles. The van der Waals surface area contributed by atoms with Crippen LogP contribution in [0.3, 0.4) is 0 Å². The third-order valence-electron chi connectivity index (χ3n) is 3.87. The smallest absolute Gasteiger partial charge is 0.00208 e. The number of hydrogen-bond donors (Lipinski definition) is 1. The molecule has 1 aromatic rings. The molecule has 1 aromatic carbocycles. The number of benzene rings is 1. The Kier molecular flexibility index (Phi) is 4.41. The second-order valence-corrected chi connectivity index (χ2v) is 5.05. The molecule has 0 aliphatic heterocycles. The molecule has 0 amide bonds. The second kappa shape index (κ2) is 6.05. The van der Waals surface area contributed by atoms with Crippen molar-refractivity contribution < 1.29 is 0 Å². The van der Waals surface area contributed by atoms with E-state index in [1.165, 1.54) is 44.2 Å². The zero-order valence-corrected chi connectivity index (χ0v) is 10.3. The maximum Gasteiger partial charge on any atom is -0.00208 e. The number of nitrogens with one attached hydrogen (secondary N) is 1. The molecule has 0 aromatic heterocycles. The van der Waals surface area contributed by atoms with Crippen LogP contribution in [0, 0.1) is 11.8 Å². The van der Waals surface area contributed by atoms with Crippen molar-refractivity contribution in [2.24, 2.45) is 11.8 Å². The Morgan fingerprint density at radius 1 is 1.06 bits per heavy atom. The van der Waals surface area contributed by atoms with Crippen LogP contribution in [-0.2, 0) is 6.42 Å². The zero-order valence-electron chi connectivity index (χ0n) is 10.3. The van der Waals surface area contributed by atoms with Gasteiger partial charge in [-0.25, -0.2) is 0 Å². The highest BCUT2D eigenvalue weighted by molar-refractivity contribution is 5.15. The molecule has 16 heavy (non-hydrogen) atoms. The molecule has 1 fully saturated rings. The van der Waals surface area contributed by atoms with Crippen molar-refractivity contribution >= 4 is 0 Å². The van der Waals surface area contributed by atoms with Crippen molar-refractivity contribution in [2.75, 3.05) is 13.6 Å². The van der Waals surface area contributed by atoms with Crippen LogP contribution in [0.2, 0.25) is 0 Å². The van der Waals surface area contributed by atoms with E-state index in [4.69, 9.17) is 0 Å². The highest BCUT2D eigenvalue weighted by atomic mass is 14.8. The highest BCUT2D eigenvalue weighted by Gasteiger charge is 2.24. The molecule has 0 heterocycles. The van der Waals surface area contributed by atoms with Gasteiger partial charge in [-0.3, -0.25) is 0 Å². The van der Waals surface area contributed by atoms with Crippen LogP contribution in [0.5, 0.6) is 0 Å². The molecule has 1 saturated carbocycles. The van der Waals surface area contributed by atoms with Crippen LogP contribution < -0.4 is 5.32 Å². The highest BCUT2D eigenvalue weighted by Crippen LogP contribution is 2.32. The first-order chi connectivity index (χ1) is 7.90. The van der Waals surface area contributed by atoms with Crippen molar-refractivity contribution in [3.05, 3.63) is 35.9 Å². The summed E-state index contributed by atoms with van der Waals surface area (Å²) in [7, 11) is 2.08. The lowest BCUT2D eigenvalue weighted by atomic mass is 9.76. The number of hydrogen-bond acceptors (Lipinski definition) is 1. The molecule has 1 aliphatic rings. The third kappa shape index (κ3) is 3.08. The van der Waals surface area contributed by atoms with Gasteiger partial charge in [0.2, 0.25) is 0 Å². The molecular weight excluding hydrogens is 194 g/mol. The Hall–Kier alpha value is -0.820. The molecular formula is C15H23N. The first-order valence-electron chi connectivity index (χ1n) is 6.58. The molecule has 0 radical (unpaired) electrons. The van der Waals surface area contributed by atoms with E-state index in [1.807, 2.05) is 0 Å². The Morgan fingerprint density at radius 3 is 2.44 bits per heavy atom. The van der Waals surface area contributed by atoms with E-state index in [1.54, 1.807) is 0 Å². The topological polar surface area (TPSA) is 12.0 Å². The average Bonchev–Trinajstić information content (AvgIpc) is 2.33. The Balaban J connectivity index is 1.96. The lowest BCUT2D eigenvalue weighted by Crippen LogP contribution is -2.29. The van der Waals surface area contributed by atoms with E-state index in [-0.39, 0.29) is 0 Å². The van der Waals surface area contributed by atoms with Crippen molar-refractivity contribution in [2.45, 2.75) is 32.1 Å². The van der Waals surface area contributed by atoms with E-state index in [2.05, 4.69) is 42.7 Å². The largest absolute Gasteiger partial charge is 0.319 e. The van der Waals surface area contributed by atoms with Gasteiger partial charge in [-0.15, -0.1) is 0 Å². The van der Waals surface area contributed by atoms with E-state index in [0.29, 0.717) is 0 Å². The van der Waals surface area contributed by atoms with Crippen molar-refractivity contribution in [1.82, 2.24) is 5.32 Å². The number of rotatable bonds is 4. The Morgan fingerprint density at radius 2 is 1.75 bits per heavy atom. The summed E-state index contributed by atoms with van der Waals surface area (Å²) in [5.41, 5.74) is 1.51. The van der Waals surface area contributed by atoms with Crippen LogP contribution in [0.1, 0.15) is 31.2 Å². The molecule has 0 spiro atoms. The standard InChI is InChI=1S/C15H23N/c1-16-12-15-10-6-5-9-14(15)11-13-7-3-2-4-8-13/h2-4,7-8,14-16H,5-6,9-12H2,1H3. The summed E-state index contributed by atoms with van der Waals surface area (Å²) >= 11 is 0. The second-order valence-electron chi connectivity index (χ2n) is 5.05. The lowest BCUT2D eigenvalue weighted by Gasteiger charge is -2.31. The van der Waals surface area contributed by atoms with Gasteiger partial charge in [-0.05, 0) is 50.3 Å². The van der Waals surface area contributed by atoms with Gasteiger partial charge in [0.1, 0.15) is 0 Å². The minimum Gasteiger partial charge on any atom is -0.319 e. The van der Waals surface area contributed by atoms with E-state index < -0.39 is 0 Å². The quantitative estimate of drug-likeness (QED) is 0.816. The molecule has 88 valence electrons. The van der Waals surface area contributed by atoms with Crippen LogP contribution in [0.15, 0.2) is 30.3 Å². The van der Waals surface area contributed by atoms with E-state index in [0.717, 1.165) is 11.8 Å². The summed E-state index contributed by atoms with van der Waals surface area (Å²) in [5, 5.41) is 3.35. The fourth-order valence-corrected chi connectivity index (χ4v) is 3.00. The molecule has 1 aliphatic carbocycles. The van der Waals surface area contributed by atoms with Crippen LogP contribution >= 0.6 is 0 Å². The molecule has 1 N–H and O–H groups in total. The van der Waals surface area contributed by atoms with Crippen LogP contribution in [-0.4, -0.2) is 13.6 Å². The van der Waals surface area contributed by atoms with Gasteiger partial charge in [0, 0.05) is 0 Å². The minimum atomic E-state index is 0.888. The fraction of sp³-hybridized carbons (Fsp3) is 0.600. The predicted molar refractivity (Wildman–Crippen MR) is 69.5 cm³/mol. The van der Waals surface area contributed by atoms with Gasteiger partial charge in [0.25, 0.3) is 0 Å². The summed E-state index contributed by atoms with van der Waals surface area (Å²) in [6.45, 7) is 1.19. The lowest BCUT2D eigenvalue weighted by molar-refractivity contribution is 0.232. The van der Waals surface area contributed by atoms with Gasteiger partial charge in [-0.1, -0.05) is 43.2 Å². The van der Waals surface area contributed by atoms with Crippen molar-refractivity contribution in [1.29, 1.82) is 0 Å². The minimum absolute atomic E-state index is 0.888. The Labute approximate surface area is 99.3 Å². The van der Waals surface area contributed by atoms with Gasteiger partial charge in [0.15, 0.2) is 0 Å². The van der Waals surface area contributed by atoms with Crippen molar-refractivity contribution in [3.8, 4) is 0 Å². The maximum atomic E-state index is 3.35. The first kappa shape index (κ1) is 11.7. The van der Waals surface area contributed by atoms with E-state index >= 15 is 0 Å². The SMILES string of the molecule is CNCC1CCCCC1Cc1ccccc1. The monoisotopic (exact) mass is 217 g/mol. The normalized spacial score (nSPS) is 25.6. The predicted octanol–water partition coefficient (Wildman–Crippen LogP) is 3.25. The molecule has 2 rings (SSSR count). The molecule has 1 heteroatoms. The zero-order chi connectivity index (χ0) is 11.2. The summed E-state index contributed by atoms with van der Waals surface area (Å²) in [6.07, 6.45) is 6.96. The van der Waals surface area contributed by atoms with Crippen LogP contribution in [0.4, 0.5) is 0 Å². The summed E-state index contributed by atoms with van der Waals surface area (Å²) in [4.78, 5) is 0. The first-order valence-corrected chi connectivity index (χ1v) is 6.58. The van der Waals surface area contributed by atoms with E-state index in [9.17, 15) is 0 Å². The molecule has 2 unspecified atom stereocenters. The van der Waals surface area contributed by atoms with Gasteiger partial charge < -0.3 is 5.32 Å². The molecule has 2 atom stereocenters. The van der Waals surface area contributed by atoms with Crippen molar-refractivity contribution in [3.63, 3.8) is 0 Å². The van der Waals surface area contributed by atoms with Gasteiger partial charge >= 0.3 is 0 Å².